The molecule has 0 bridgehead atoms. The number of benzene rings is 2. The molecule has 0 unspecified atom stereocenters. The van der Waals surface area contributed by atoms with Crippen molar-refractivity contribution in [2.45, 2.75) is 6.92 Å². The van der Waals surface area contributed by atoms with Gasteiger partial charge in [0.1, 0.15) is 5.82 Å². The smallest absolute Gasteiger partial charge is 0.146 e. The lowest BCUT2D eigenvalue weighted by molar-refractivity contribution is 0.598. The molecule has 2 aromatic carbocycles. The molecule has 21 heavy (non-hydrogen) atoms. The van der Waals surface area contributed by atoms with Gasteiger partial charge >= 0.3 is 0 Å². The molecule has 4 heteroatoms. The van der Waals surface area contributed by atoms with Gasteiger partial charge in [0.05, 0.1) is 5.69 Å². The van der Waals surface area contributed by atoms with E-state index in [0.717, 1.165) is 43.1 Å². The quantitative estimate of drug-likeness (QED) is 0.861. The molecule has 0 atom stereocenters. The van der Waals surface area contributed by atoms with Gasteiger partial charge in [-0.1, -0.05) is 18.2 Å². The van der Waals surface area contributed by atoms with Crippen LogP contribution in [0.2, 0.25) is 0 Å². The molecule has 3 nitrogen and oxygen atoms in total. The van der Waals surface area contributed by atoms with E-state index in [-0.39, 0.29) is 5.82 Å². The van der Waals surface area contributed by atoms with Crippen LogP contribution < -0.4 is 15.5 Å². The Morgan fingerprint density at radius 3 is 2.29 bits per heavy atom. The molecule has 1 aliphatic rings. The Hall–Kier alpha value is -2.23. The fraction of sp³-hybridized carbons (Fsp3) is 0.294. The average molecular weight is 285 g/mol. The lowest BCUT2D eigenvalue weighted by atomic mass is 10.1. The maximum Gasteiger partial charge on any atom is 0.146 e. The van der Waals surface area contributed by atoms with Crippen LogP contribution in [-0.4, -0.2) is 26.2 Å². The molecule has 2 N–H and O–H groups in total. The van der Waals surface area contributed by atoms with E-state index in [2.05, 4.69) is 15.9 Å². The summed E-state index contributed by atoms with van der Waals surface area (Å²) in [5.74, 6) is -0.148. The topological polar surface area (TPSA) is 32.5 Å². The van der Waals surface area contributed by atoms with Crippen LogP contribution in [0.5, 0.6) is 0 Å². The maximum atomic E-state index is 13.8. The first kappa shape index (κ1) is 13.7. The number of nitrogen functional groups attached to an aromatic ring is 1. The van der Waals surface area contributed by atoms with Crippen molar-refractivity contribution in [3.8, 4) is 0 Å². The van der Waals surface area contributed by atoms with Gasteiger partial charge in [0.25, 0.3) is 0 Å². The standard InChI is InChI=1S/C17H20FN3/c1-13-6-7-14(12-16(13)19)20-8-10-21(11-9-20)17-5-3-2-4-15(17)18/h2-7,12H,8-11,19H2,1H3. The Morgan fingerprint density at radius 2 is 1.62 bits per heavy atom. The van der Waals surface area contributed by atoms with Gasteiger partial charge in [0.2, 0.25) is 0 Å². The monoisotopic (exact) mass is 285 g/mol. The molecular formula is C17H20FN3. The number of halogens is 1. The van der Waals surface area contributed by atoms with Crippen molar-refractivity contribution in [2.75, 3.05) is 41.7 Å². The minimum absolute atomic E-state index is 0.148. The van der Waals surface area contributed by atoms with Gasteiger partial charge in [-0.05, 0) is 36.8 Å². The van der Waals surface area contributed by atoms with Crippen LogP contribution in [0.25, 0.3) is 0 Å². The highest BCUT2D eigenvalue weighted by Crippen LogP contribution is 2.25. The third-order valence-corrected chi connectivity index (χ3v) is 4.10. The summed E-state index contributed by atoms with van der Waals surface area (Å²) < 4.78 is 13.8. The van der Waals surface area contributed by atoms with Crippen LogP contribution in [0.3, 0.4) is 0 Å². The number of nitrogens with two attached hydrogens (primary N) is 1. The Balaban J connectivity index is 1.70. The van der Waals surface area contributed by atoms with Gasteiger partial charge in [0.15, 0.2) is 0 Å². The van der Waals surface area contributed by atoms with Gasteiger partial charge in [-0.3, -0.25) is 0 Å². The second-order valence-corrected chi connectivity index (χ2v) is 5.47. The number of anilines is 3. The minimum Gasteiger partial charge on any atom is -0.398 e. The fourth-order valence-electron chi connectivity index (χ4n) is 2.74. The van der Waals surface area contributed by atoms with E-state index in [1.807, 2.05) is 31.2 Å². The zero-order valence-corrected chi connectivity index (χ0v) is 12.2. The average Bonchev–Trinajstić information content (AvgIpc) is 2.51. The fourth-order valence-corrected chi connectivity index (χ4v) is 2.74. The highest BCUT2D eigenvalue weighted by molar-refractivity contribution is 5.60. The highest BCUT2D eigenvalue weighted by atomic mass is 19.1. The molecule has 0 amide bonds. The van der Waals surface area contributed by atoms with Gasteiger partial charge in [0, 0.05) is 37.6 Å². The second kappa shape index (κ2) is 5.64. The van der Waals surface area contributed by atoms with Crippen molar-refractivity contribution in [3.63, 3.8) is 0 Å². The van der Waals surface area contributed by atoms with Crippen molar-refractivity contribution in [1.29, 1.82) is 0 Å². The summed E-state index contributed by atoms with van der Waals surface area (Å²) in [6, 6.07) is 13.1. The normalized spacial score (nSPS) is 15.3. The van der Waals surface area contributed by atoms with Gasteiger partial charge in [-0.2, -0.15) is 0 Å². The Morgan fingerprint density at radius 1 is 0.952 bits per heavy atom. The summed E-state index contributed by atoms with van der Waals surface area (Å²) in [4.78, 5) is 4.40. The molecule has 1 fully saturated rings. The largest absolute Gasteiger partial charge is 0.398 e. The second-order valence-electron chi connectivity index (χ2n) is 5.47. The van der Waals surface area contributed by atoms with E-state index in [0.29, 0.717) is 5.69 Å². The number of piperazine rings is 1. The predicted octanol–water partition coefficient (Wildman–Crippen LogP) is 3.04. The SMILES string of the molecule is Cc1ccc(N2CCN(c3ccccc3F)CC2)cc1N. The van der Waals surface area contributed by atoms with Crippen LogP contribution in [0.1, 0.15) is 5.56 Å². The molecule has 0 aromatic heterocycles. The van der Waals surface area contributed by atoms with Gasteiger partial charge < -0.3 is 15.5 Å². The number of para-hydroxylation sites is 1. The van der Waals surface area contributed by atoms with Crippen molar-refractivity contribution in [1.82, 2.24) is 0 Å². The molecule has 0 saturated carbocycles. The lowest BCUT2D eigenvalue weighted by Crippen LogP contribution is -2.46. The number of hydrogen-bond acceptors (Lipinski definition) is 3. The molecule has 1 heterocycles. The molecular weight excluding hydrogens is 265 g/mol. The van der Waals surface area contributed by atoms with Crippen LogP contribution in [0.15, 0.2) is 42.5 Å². The Labute approximate surface area is 124 Å². The Kier molecular flexibility index (Phi) is 3.69. The minimum atomic E-state index is -0.148. The van der Waals surface area contributed by atoms with E-state index in [1.165, 1.54) is 6.07 Å². The first-order valence-corrected chi connectivity index (χ1v) is 7.26. The first-order valence-electron chi connectivity index (χ1n) is 7.26. The Bertz CT molecular complexity index is 634. The predicted molar refractivity (Wildman–Crippen MR) is 86.4 cm³/mol. The van der Waals surface area contributed by atoms with E-state index in [1.54, 1.807) is 6.07 Å². The number of aryl methyl sites for hydroxylation is 1. The molecule has 110 valence electrons. The van der Waals surface area contributed by atoms with Gasteiger partial charge in [-0.25, -0.2) is 4.39 Å². The maximum absolute atomic E-state index is 13.8. The molecule has 0 radical (unpaired) electrons. The third-order valence-electron chi connectivity index (χ3n) is 4.10. The molecule has 1 aliphatic heterocycles. The van der Waals surface area contributed by atoms with Crippen LogP contribution in [0, 0.1) is 12.7 Å². The lowest BCUT2D eigenvalue weighted by Gasteiger charge is -2.37. The number of rotatable bonds is 2. The highest BCUT2D eigenvalue weighted by Gasteiger charge is 2.19. The molecule has 3 rings (SSSR count). The molecule has 0 spiro atoms. The summed E-state index contributed by atoms with van der Waals surface area (Å²) >= 11 is 0. The molecule has 1 saturated heterocycles. The number of nitrogens with zero attached hydrogens (tertiary/aromatic N) is 2. The van der Waals surface area contributed by atoms with Crippen LogP contribution >= 0.6 is 0 Å². The first-order chi connectivity index (χ1) is 10.1. The summed E-state index contributed by atoms with van der Waals surface area (Å²) in [5, 5.41) is 0. The molecule has 2 aromatic rings. The number of hydrogen-bond donors (Lipinski definition) is 1. The van der Waals surface area contributed by atoms with E-state index in [4.69, 9.17) is 5.73 Å². The zero-order valence-electron chi connectivity index (χ0n) is 12.2. The van der Waals surface area contributed by atoms with Crippen molar-refractivity contribution >= 4 is 17.1 Å². The van der Waals surface area contributed by atoms with Crippen molar-refractivity contribution < 1.29 is 4.39 Å². The summed E-state index contributed by atoms with van der Waals surface area (Å²) in [6.07, 6.45) is 0. The van der Waals surface area contributed by atoms with E-state index >= 15 is 0 Å². The van der Waals surface area contributed by atoms with Crippen LogP contribution in [-0.2, 0) is 0 Å². The zero-order chi connectivity index (χ0) is 14.8. The van der Waals surface area contributed by atoms with Crippen molar-refractivity contribution in [3.05, 3.63) is 53.8 Å². The molecule has 0 aliphatic carbocycles. The van der Waals surface area contributed by atoms with E-state index < -0.39 is 0 Å². The summed E-state index contributed by atoms with van der Waals surface area (Å²) in [6.45, 7) is 5.38. The van der Waals surface area contributed by atoms with Crippen LogP contribution in [0.4, 0.5) is 21.5 Å². The van der Waals surface area contributed by atoms with Crippen molar-refractivity contribution in [2.24, 2.45) is 0 Å². The summed E-state index contributed by atoms with van der Waals surface area (Å²) in [5.41, 5.74) is 9.74. The van der Waals surface area contributed by atoms with E-state index in [9.17, 15) is 4.39 Å². The third kappa shape index (κ3) is 2.79. The van der Waals surface area contributed by atoms with Gasteiger partial charge in [-0.15, -0.1) is 0 Å². The summed E-state index contributed by atoms with van der Waals surface area (Å²) in [7, 11) is 0.